The van der Waals surface area contributed by atoms with Gasteiger partial charge in [0.05, 0.1) is 28.2 Å². The molecule has 1 N–H and O–H groups in total. The Morgan fingerprint density at radius 3 is 2.70 bits per heavy atom. The molecular formula is C23H21ClN3O3S3+. The van der Waals surface area contributed by atoms with Crippen LogP contribution in [0.3, 0.4) is 0 Å². The second-order valence-electron chi connectivity index (χ2n) is 7.73. The van der Waals surface area contributed by atoms with Gasteiger partial charge in [-0.2, -0.15) is 13.0 Å². The highest BCUT2D eigenvalue weighted by molar-refractivity contribution is 8.03. The predicted octanol–water partition coefficient (Wildman–Crippen LogP) is 5.36. The molecular weight excluding hydrogens is 498 g/mol. The third-order valence-corrected chi connectivity index (χ3v) is 8.79. The summed E-state index contributed by atoms with van der Waals surface area (Å²) in [6, 6.07) is 16.2. The lowest BCUT2D eigenvalue weighted by atomic mass is 10.2. The van der Waals surface area contributed by atoms with Crippen LogP contribution in [-0.2, 0) is 17.2 Å². The Labute approximate surface area is 205 Å². The van der Waals surface area contributed by atoms with Gasteiger partial charge in [0.1, 0.15) is 11.7 Å². The Kier molecular flexibility index (Phi) is 6.00. The van der Waals surface area contributed by atoms with Crippen LogP contribution >= 0.6 is 34.7 Å². The van der Waals surface area contributed by atoms with Gasteiger partial charge in [-0.05, 0) is 48.9 Å². The van der Waals surface area contributed by atoms with E-state index in [1.807, 2.05) is 42.7 Å². The minimum Gasteiger partial charge on any atom is -0.335 e. The summed E-state index contributed by atoms with van der Waals surface area (Å²) in [5, 5.41) is 2.70. The number of benzene rings is 2. The first-order valence-electron chi connectivity index (χ1n) is 10.3. The molecule has 170 valence electrons. The van der Waals surface area contributed by atoms with Crippen LogP contribution < -0.4 is 9.47 Å². The lowest BCUT2D eigenvalue weighted by Crippen LogP contribution is -2.29. The van der Waals surface area contributed by atoms with E-state index in [1.54, 1.807) is 23.1 Å². The van der Waals surface area contributed by atoms with Crippen LogP contribution in [0.5, 0.6) is 0 Å². The average Bonchev–Trinajstić information content (AvgIpc) is 3.47. The number of hydrogen-bond acceptors (Lipinski definition) is 5. The average molecular weight is 519 g/mol. The summed E-state index contributed by atoms with van der Waals surface area (Å²) >= 11 is 9.58. The number of aryl methyl sites for hydroxylation is 1. The normalized spacial score (nSPS) is 15.0. The van der Waals surface area contributed by atoms with E-state index in [1.165, 1.54) is 4.70 Å². The van der Waals surface area contributed by atoms with Gasteiger partial charge in [-0.15, -0.1) is 0 Å². The number of aromatic nitrogens is 2. The first-order chi connectivity index (χ1) is 15.8. The maximum Gasteiger partial charge on any atom is 0.265 e. The standard InChI is InChI=1S/C23H20ClN3O3S3/c1-25-18-14-17(26-9-2-3-10-26)6-8-20(18)31-22(25)15-23-27(11-4-12-33(28,29)30)19-13-16(24)5-7-21(19)32-23/h2-3,5-10,13-15H,4,11-12H2,1H3/p+1. The quantitative estimate of drug-likeness (QED) is 0.275. The van der Waals surface area contributed by atoms with Crippen molar-refractivity contribution < 1.29 is 17.5 Å². The van der Waals surface area contributed by atoms with Crippen molar-refractivity contribution in [1.82, 2.24) is 4.57 Å². The zero-order chi connectivity index (χ0) is 23.2. The molecule has 0 spiro atoms. The fraction of sp³-hybridized carbons (Fsp3) is 0.174. The number of halogens is 1. The van der Waals surface area contributed by atoms with Gasteiger partial charge in [0.15, 0.2) is 0 Å². The van der Waals surface area contributed by atoms with Crippen LogP contribution in [0.2, 0.25) is 5.02 Å². The Balaban J connectivity index is 1.51. The smallest absolute Gasteiger partial charge is 0.265 e. The zero-order valence-electron chi connectivity index (χ0n) is 17.7. The highest BCUT2D eigenvalue weighted by atomic mass is 35.5. The van der Waals surface area contributed by atoms with Gasteiger partial charge in [0, 0.05) is 34.9 Å². The molecule has 0 aliphatic carbocycles. The van der Waals surface area contributed by atoms with Crippen LogP contribution in [0.15, 0.2) is 70.8 Å². The number of fused-ring (bicyclic) bond motifs is 2. The molecule has 0 bridgehead atoms. The minimum atomic E-state index is -4.01. The maximum absolute atomic E-state index is 11.2. The SMILES string of the molecule is C[n+]1c(C=C2Sc3ccc(Cl)cc3N2CCCS(=O)(=O)O)sc2ccc(-n3cccc3)cc21. The van der Waals surface area contributed by atoms with Crippen LogP contribution in [-0.4, -0.2) is 29.8 Å². The number of hydrogen-bond donors (Lipinski definition) is 1. The maximum atomic E-state index is 11.2. The lowest BCUT2D eigenvalue weighted by Gasteiger charge is -2.20. The molecule has 0 fully saturated rings. The molecule has 0 atom stereocenters. The number of thioether (sulfide) groups is 1. The molecule has 5 rings (SSSR count). The first kappa shape index (κ1) is 22.5. The fourth-order valence-corrected chi connectivity index (χ4v) is 6.78. The molecule has 3 heterocycles. The van der Waals surface area contributed by atoms with Gasteiger partial charge in [0.25, 0.3) is 15.1 Å². The summed E-state index contributed by atoms with van der Waals surface area (Å²) in [6.45, 7) is 0.457. The second-order valence-corrected chi connectivity index (χ2v) is 11.9. The van der Waals surface area contributed by atoms with E-state index in [9.17, 15) is 8.42 Å². The van der Waals surface area contributed by atoms with Gasteiger partial charge in [0.2, 0.25) is 5.52 Å². The molecule has 0 radical (unpaired) electrons. The summed E-state index contributed by atoms with van der Waals surface area (Å²) in [4.78, 5) is 3.14. The number of rotatable bonds is 6. The van der Waals surface area contributed by atoms with E-state index in [2.05, 4.69) is 45.4 Å². The molecule has 4 aromatic rings. The summed E-state index contributed by atoms with van der Waals surface area (Å²) in [6.07, 6.45) is 6.49. The van der Waals surface area contributed by atoms with Crippen LogP contribution in [0.25, 0.3) is 22.0 Å². The molecule has 0 unspecified atom stereocenters. The third-order valence-electron chi connectivity index (χ3n) is 5.47. The molecule has 2 aromatic carbocycles. The third kappa shape index (κ3) is 4.69. The number of anilines is 1. The number of nitrogens with zero attached hydrogens (tertiary/aromatic N) is 3. The summed E-state index contributed by atoms with van der Waals surface area (Å²) in [5.41, 5.74) is 3.19. The Bertz CT molecular complexity index is 1480. The lowest BCUT2D eigenvalue weighted by molar-refractivity contribution is -0.642. The van der Waals surface area contributed by atoms with Gasteiger partial charge >= 0.3 is 0 Å². The minimum absolute atomic E-state index is 0.282. The molecule has 0 amide bonds. The molecule has 0 saturated heterocycles. The Morgan fingerprint density at radius 1 is 1.15 bits per heavy atom. The molecule has 1 aliphatic heterocycles. The van der Waals surface area contributed by atoms with Crippen molar-refractivity contribution in [2.75, 3.05) is 17.2 Å². The molecule has 6 nitrogen and oxygen atoms in total. The van der Waals surface area contributed by atoms with Crippen LogP contribution in [0, 0.1) is 0 Å². The second kappa shape index (κ2) is 8.81. The van der Waals surface area contributed by atoms with E-state index in [0.717, 1.165) is 31.8 Å². The van der Waals surface area contributed by atoms with Gasteiger partial charge in [-0.1, -0.05) is 34.7 Å². The van der Waals surface area contributed by atoms with Gasteiger partial charge in [-0.25, -0.2) is 0 Å². The van der Waals surface area contributed by atoms with Crippen molar-refractivity contribution in [3.05, 3.63) is 76.0 Å². The number of thiazole rings is 1. The predicted molar refractivity (Wildman–Crippen MR) is 136 cm³/mol. The molecule has 10 heteroatoms. The molecule has 33 heavy (non-hydrogen) atoms. The molecule has 2 aromatic heterocycles. The van der Waals surface area contributed by atoms with Crippen molar-refractivity contribution in [3.8, 4) is 5.69 Å². The van der Waals surface area contributed by atoms with Crippen LogP contribution in [0.4, 0.5) is 5.69 Å². The highest BCUT2D eigenvalue weighted by Crippen LogP contribution is 2.47. The fourth-order valence-electron chi connectivity index (χ4n) is 3.87. The van der Waals surface area contributed by atoms with Crippen molar-refractivity contribution >= 4 is 66.8 Å². The molecule has 1 aliphatic rings. The van der Waals surface area contributed by atoms with E-state index in [-0.39, 0.29) is 5.75 Å². The summed E-state index contributed by atoms with van der Waals surface area (Å²) in [7, 11) is -1.96. The Hall–Kier alpha value is -2.30. The van der Waals surface area contributed by atoms with Crippen molar-refractivity contribution in [3.63, 3.8) is 0 Å². The van der Waals surface area contributed by atoms with Gasteiger partial charge in [-0.3, -0.25) is 4.55 Å². The van der Waals surface area contributed by atoms with Crippen molar-refractivity contribution in [1.29, 1.82) is 0 Å². The largest absolute Gasteiger partial charge is 0.335 e. The zero-order valence-corrected chi connectivity index (χ0v) is 20.9. The summed E-state index contributed by atoms with van der Waals surface area (Å²) in [5.74, 6) is -0.282. The highest BCUT2D eigenvalue weighted by Gasteiger charge is 2.28. The van der Waals surface area contributed by atoms with E-state index < -0.39 is 10.1 Å². The monoisotopic (exact) mass is 518 g/mol. The van der Waals surface area contributed by atoms with E-state index in [4.69, 9.17) is 16.2 Å². The van der Waals surface area contributed by atoms with Gasteiger partial charge < -0.3 is 9.47 Å². The topological polar surface area (TPSA) is 66.4 Å². The van der Waals surface area contributed by atoms with Crippen LogP contribution in [0.1, 0.15) is 11.4 Å². The van der Waals surface area contributed by atoms with E-state index >= 15 is 0 Å². The van der Waals surface area contributed by atoms with Crippen molar-refractivity contribution in [2.24, 2.45) is 7.05 Å². The van der Waals surface area contributed by atoms with E-state index in [0.29, 0.717) is 18.0 Å². The van der Waals surface area contributed by atoms with Crippen molar-refractivity contribution in [2.45, 2.75) is 11.3 Å². The first-order valence-corrected chi connectivity index (χ1v) is 13.9. The Morgan fingerprint density at radius 2 is 1.94 bits per heavy atom. The molecule has 0 saturated carbocycles. The summed E-state index contributed by atoms with van der Waals surface area (Å²) < 4.78 is 37.0.